The fourth-order valence-corrected chi connectivity index (χ4v) is 2.03. The minimum Gasteiger partial charge on any atom is -0.382 e. The van der Waals surface area contributed by atoms with Gasteiger partial charge in [-0.25, -0.2) is 8.42 Å². The molecule has 0 radical (unpaired) electrons. The second-order valence-corrected chi connectivity index (χ2v) is 6.17. The van der Waals surface area contributed by atoms with Crippen molar-refractivity contribution < 1.29 is 22.6 Å². The molecule has 0 aromatic rings. The first-order chi connectivity index (χ1) is 8.04. The van der Waals surface area contributed by atoms with Crippen LogP contribution in [0.25, 0.3) is 0 Å². The minimum atomic E-state index is -3.12. The van der Waals surface area contributed by atoms with Gasteiger partial charge in [0.05, 0.1) is 44.0 Å². The number of nitrogens with two attached hydrogens (primary N) is 1. The van der Waals surface area contributed by atoms with Crippen LogP contribution < -0.4 is 5.73 Å². The summed E-state index contributed by atoms with van der Waals surface area (Å²) >= 11 is 0. The van der Waals surface area contributed by atoms with E-state index in [2.05, 4.69) is 0 Å². The molecule has 0 amide bonds. The summed E-state index contributed by atoms with van der Waals surface area (Å²) in [7, 11) is -1.52. The van der Waals surface area contributed by atoms with Crippen molar-refractivity contribution in [1.29, 1.82) is 0 Å². The van der Waals surface area contributed by atoms with Gasteiger partial charge in [0.25, 0.3) is 0 Å². The molecule has 0 bridgehead atoms. The van der Waals surface area contributed by atoms with Gasteiger partial charge in [0.2, 0.25) is 0 Å². The number of methoxy groups -OCH3 is 1. The molecule has 0 aromatic heterocycles. The van der Waals surface area contributed by atoms with Crippen molar-refractivity contribution in [2.75, 3.05) is 52.4 Å². The van der Waals surface area contributed by atoms with Crippen LogP contribution in [-0.4, -0.2) is 66.1 Å². The Bertz CT molecular complexity index is 268. The fraction of sp³-hybridized carbons (Fsp3) is 1.00. The summed E-state index contributed by atoms with van der Waals surface area (Å²) in [4.78, 5) is 0. The van der Waals surface area contributed by atoms with Crippen LogP contribution in [0.4, 0.5) is 0 Å². The molecule has 0 aliphatic carbocycles. The zero-order valence-corrected chi connectivity index (χ0v) is 11.4. The summed E-state index contributed by atoms with van der Waals surface area (Å²) in [6.45, 7) is 3.81. The Morgan fingerprint density at radius 2 is 1.59 bits per heavy atom. The van der Waals surface area contributed by atoms with Crippen molar-refractivity contribution >= 4 is 9.84 Å². The lowest BCUT2D eigenvalue weighted by atomic mass is 10.5. The van der Waals surface area contributed by atoms with Gasteiger partial charge in [-0.15, -0.1) is 0 Å². The zero-order chi connectivity index (χ0) is 13.1. The van der Waals surface area contributed by atoms with E-state index in [0.29, 0.717) is 26.4 Å². The average molecular weight is 269 g/mol. The number of rotatable bonds is 11. The van der Waals surface area contributed by atoms with E-state index in [1.54, 1.807) is 14.0 Å². The summed E-state index contributed by atoms with van der Waals surface area (Å²) in [5.74, 6) is 0.00341. The quantitative estimate of drug-likeness (QED) is 0.505. The Morgan fingerprint density at radius 3 is 2.12 bits per heavy atom. The van der Waals surface area contributed by atoms with Gasteiger partial charge in [0.1, 0.15) is 0 Å². The number of hydrogen-bond donors (Lipinski definition) is 1. The van der Waals surface area contributed by atoms with Gasteiger partial charge in [-0.05, 0) is 6.92 Å². The molecule has 1 unspecified atom stereocenters. The van der Waals surface area contributed by atoms with Crippen molar-refractivity contribution in [1.82, 2.24) is 0 Å². The van der Waals surface area contributed by atoms with Crippen LogP contribution in [0.5, 0.6) is 0 Å². The number of hydrogen-bond acceptors (Lipinski definition) is 6. The van der Waals surface area contributed by atoms with Crippen LogP contribution in [0.15, 0.2) is 0 Å². The highest BCUT2D eigenvalue weighted by Gasteiger charge is 2.18. The second kappa shape index (κ2) is 9.78. The molecule has 6 nitrogen and oxygen atoms in total. The first-order valence-electron chi connectivity index (χ1n) is 5.60. The summed E-state index contributed by atoms with van der Waals surface area (Å²) in [6, 6.07) is 0. The Hall–Kier alpha value is -0.210. The van der Waals surface area contributed by atoms with Crippen molar-refractivity contribution in [2.24, 2.45) is 5.73 Å². The lowest BCUT2D eigenvalue weighted by Gasteiger charge is -2.10. The fourth-order valence-electron chi connectivity index (χ4n) is 0.987. The minimum absolute atomic E-state index is 0.00341. The predicted molar refractivity (Wildman–Crippen MR) is 65.8 cm³/mol. The molecule has 0 heterocycles. The molecule has 0 aliphatic heterocycles. The third kappa shape index (κ3) is 8.50. The Balaban J connectivity index is 3.45. The van der Waals surface area contributed by atoms with E-state index >= 15 is 0 Å². The van der Waals surface area contributed by atoms with E-state index in [4.69, 9.17) is 19.9 Å². The topological polar surface area (TPSA) is 87.9 Å². The number of sulfone groups is 1. The molecule has 17 heavy (non-hydrogen) atoms. The summed E-state index contributed by atoms with van der Waals surface area (Å²) in [5, 5.41) is -0.510. The second-order valence-electron chi connectivity index (χ2n) is 3.63. The third-order valence-electron chi connectivity index (χ3n) is 2.26. The van der Waals surface area contributed by atoms with E-state index in [1.165, 1.54) is 0 Å². The van der Waals surface area contributed by atoms with Gasteiger partial charge in [-0.3, -0.25) is 0 Å². The van der Waals surface area contributed by atoms with Gasteiger partial charge in [-0.2, -0.15) is 0 Å². The number of ether oxygens (including phenoxy) is 3. The van der Waals surface area contributed by atoms with Crippen LogP contribution in [0.2, 0.25) is 0 Å². The van der Waals surface area contributed by atoms with E-state index in [1.807, 2.05) is 0 Å². The summed E-state index contributed by atoms with van der Waals surface area (Å²) < 4.78 is 38.2. The maximum Gasteiger partial charge on any atom is 0.156 e. The third-order valence-corrected chi connectivity index (χ3v) is 4.42. The zero-order valence-electron chi connectivity index (χ0n) is 10.6. The molecule has 0 saturated heterocycles. The molecular formula is C10H23NO5S. The highest BCUT2D eigenvalue weighted by Crippen LogP contribution is 1.99. The van der Waals surface area contributed by atoms with Gasteiger partial charge in [-0.1, -0.05) is 0 Å². The lowest BCUT2D eigenvalue weighted by molar-refractivity contribution is 0.0284. The molecule has 0 spiro atoms. The van der Waals surface area contributed by atoms with Crippen LogP contribution in [0.3, 0.4) is 0 Å². The van der Waals surface area contributed by atoms with Crippen LogP contribution in [0.1, 0.15) is 6.92 Å². The van der Waals surface area contributed by atoms with Gasteiger partial charge in [0, 0.05) is 13.7 Å². The monoisotopic (exact) mass is 269 g/mol. The molecule has 0 saturated carbocycles. The van der Waals surface area contributed by atoms with E-state index in [-0.39, 0.29) is 18.9 Å². The van der Waals surface area contributed by atoms with Gasteiger partial charge >= 0.3 is 0 Å². The molecule has 2 N–H and O–H groups in total. The highest BCUT2D eigenvalue weighted by molar-refractivity contribution is 7.92. The Kier molecular flexibility index (Phi) is 9.66. The maximum atomic E-state index is 11.5. The van der Waals surface area contributed by atoms with Crippen molar-refractivity contribution in [3.8, 4) is 0 Å². The van der Waals surface area contributed by atoms with Crippen molar-refractivity contribution in [3.05, 3.63) is 0 Å². The normalized spacial score (nSPS) is 13.8. The molecular weight excluding hydrogens is 246 g/mol. The molecule has 7 heteroatoms. The van der Waals surface area contributed by atoms with Crippen LogP contribution >= 0.6 is 0 Å². The Morgan fingerprint density at radius 1 is 1.06 bits per heavy atom. The van der Waals surface area contributed by atoms with E-state index in [0.717, 1.165) is 0 Å². The molecule has 104 valence electrons. The van der Waals surface area contributed by atoms with E-state index in [9.17, 15) is 8.42 Å². The first kappa shape index (κ1) is 16.8. The van der Waals surface area contributed by atoms with Gasteiger partial charge < -0.3 is 19.9 Å². The van der Waals surface area contributed by atoms with Crippen LogP contribution in [-0.2, 0) is 24.0 Å². The molecule has 0 aromatic carbocycles. The Labute approximate surface area is 103 Å². The molecule has 0 aliphatic rings. The van der Waals surface area contributed by atoms with Crippen molar-refractivity contribution in [3.63, 3.8) is 0 Å². The predicted octanol–water partition coefficient (Wildman–Crippen LogP) is -0.572. The first-order valence-corrected chi connectivity index (χ1v) is 7.32. The lowest BCUT2D eigenvalue weighted by Crippen LogP contribution is -2.30. The average Bonchev–Trinajstić information content (AvgIpc) is 2.31. The SMILES string of the molecule is COCCOCCOCCS(=O)(=O)C(C)CN. The highest BCUT2D eigenvalue weighted by atomic mass is 32.2. The summed E-state index contributed by atoms with van der Waals surface area (Å²) in [6.07, 6.45) is 0. The summed E-state index contributed by atoms with van der Waals surface area (Å²) in [5.41, 5.74) is 5.30. The molecule has 1 atom stereocenters. The standard InChI is InChI=1S/C10H23NO5S/c1-10(9-11)17(12,13)8-7-16-6-5-15-4-3-14-2/h10H,3-9,11H2,1-2H3. The molecule has 0 rings (SSSR count). The van der Waals surface area contributed by atoms with Crippen molar-refractivity contribution in [2.45, 2.75) is 12.2 Å². The maximum absolute atomic E-state index is 11.5. The van der Waals surface area contributed by atoms with Crippen LogP contribution in [0, 0.1) is 0 Å². The molecule has 0 fully saturated rings. The smallest absolute Gasteiger partial charge is 0.156 e. The largest absolute Gasteiger partial charge is 0.382 e. The van der Waals surface area contributed by atoms with E-state index < -0.39 is 15.1 Å². The van der Waals surface area contributed by atoms with Gasteiger partial charge in [0.15, 0.2) is 9.84 Å².